The molecule has 0 aliphatic heterocycles. The lowest BCUT2D eigenvalue weighted by Gasteiger charge is -2.18. The van der Waals surface area contributed by atoms with Crippen molar-refractivity contribution in [2.45, 2.75) is 12.3 Å². The summed E-state index contributed by atoms with van der Waals surface area (Å²) in [5.74, 6) is 0.262. The molecule has 0 radical (unpaired) electrons. The minimum absolute atomic E-state index is 0.158. The molecule has 0 saturated heterocycles. The second kappa shape index (κ2) is 12.8. The van der Waals surface area contributed by atoms with Crippen molar-refractivity contribution < 1.29 is 23.8 Å². The summed E-state index contributed by atoms with van der Waals surface area (Å²) in [6, 6.07) is 25.7. The van der Waals surface area contributed by atoms with Gasteiger partial charge in [0, 0.05) is 24.1 Å². The van der Waals surface area contributed by atoms with Crippen LogP contribution in [0.2, 0.25) is 0 Å². The number of carbonyl (C=O) groups is 2. The SMILES string of the molecule is COc1cccc(/C=C/C(=O)OCC(=O)NCCC(c2ccccc2)c2ccccc2)c1OC. The van der Waals surface area contributed by atoms with Gasteiger partial charge < -0.3 is 19.5 Å². The zero-order valence-corrected chi connectivity index (χ0v) is 19.4. The van der Waals surface area contributed by atoms with E-state index in [1.807, 2.05) is 36.4 Å². The van der Waals surface area contributed by atoms with Crippen LogP contribution in [0.5, 0.6) is 11.5 Å². The number of amides is 1. The molecule has 34 heavy (non-hydrogen) atoms. The van der Waals surface area contributed by atoms with E-state index in [-0.39, 0.29) is 18.4 Å². The highest BCUT2D eigenvalue weighted by atomic mass is 16.5. The van der Waals surface area contributed by atoms with Gasteiger partial charge in [-0.2, -0.15) is 0 Å². The fourth-order valence-corrected chi connectivity index (χ4v) is 3.69. The lowest BCUT2D eigenvalue weighted by atomic mass is 9.88. The lowest BCUT2D eigenvalue weighted by Crippen LogP contribution is -2.30. The largest absolute Gasteiger partial charge is 0.493 e. The molecule has 0 spiro atoms. The highest BCUT2D eigenvalue weighted by molar-refractivity contribution is 5.89. The van der Waals surface area contributed by atoms with Crippen molar-refractivity contribution in [3.63, 3.8) is 0 Å². The molecular formula is C28H29NO5. The third-order valence-corrected chi connectivity index (χ3v) is 5.34. The van der Waals surface area contributed by atoms with Crippen LogP contribution in [0.25, 0.3) is 6.08 Å². The molecule has 0 unspecified atom stereocenters. The van der Waals surface area contributed by atoms with Crippen molar-refractivity contribution in [1.82, 2.24) is 5.32 Å². The van der Waals surface area contributed by atoms with Gasteiger partial charge in [0.15, 0.2) is 18.1 Å². The van der Waals surface area contributed by atoms with Crippen LogP contribution in [0.1, 0.15) is 29.0 Å². The van der Waals surface area contributed by atoms with E-state index in [0.717, 1.165) is 6.42 Å². The molecule has 3 aromatic carbocycles. The van der Waals surface area contributed by atoms with Gasteiger partial charge in [0.2, 0.25) is 0 Å². The van der Waals surface area contributed by atoms with Gasteiger partial charge in [0.1, 0.15) is 0 Å². The summed E-state index contributed by atoms with van der Waals surface area (Å²) in [5.41, 5.74) is 3.04. The van der Waals surface area contributed by atoms with Gasteiger partial charge in [0.25, 0.3) is 5.91 Å². The minimum atomic E-state index is -0.619. The van der Waals surface area contributed by atoms with E-state index in [1.54, 1.807) is 31.4 Å². The molecule has 6 heteroatoms. The van der Waals surface area contributed by atoms with Crippen LogP contribution in [0, 0.1) is 0 Å². The Morgan fingerprint density at radius 3 is 2.09 bits per heavy atom. The maximum absolute atomic E-state index is 12.2. The van der Waals surface area contributed by atoms with Crippen molar-refractivity contribution in [3.8, 4) is 11.5 Å². The average Bonchev–Trinajstić information content (AvgIpc) is 2.89. The van der Waals surface area contributed by atoms with E-state index in [1.165, 1.54) is 24.3 Å². The van der Waals surface area contributed by atoms with E-state index in [2.05, 4.69) is 29.6 Å². The summed E-state index contributed by atoms with van der Waals surface area (Å²) >= 11 is 0. The molecule has 0 aliphatic rings. The summed E-state index contributed by atoms with van der Waals surface area (Å²) in [6.07, 6.45) is 3.54. The molecule has 0 aliphatic carbocycles. The molecule has 6 nitrogen and oxygen atoms in total. The number of methoxy groups -OCH3 is 2. The summed E-state index contributed by atoms with van der Waals surface area (Å²) in [4.78, 5) is 24.3. The Balaban J connectivity index is 1.49. The van der Waals surface area contributed by atoms with E-state index < -0.39 is 5.97 Å². The van der Waals surface area contributed by atoms with Crippen molar-refractivity contribution in [2.24, 2.45) is 0 Å². The summed E-state index contributed by atoms with van der Waals surface area (Å²) in [5, 5.41) is 2.84. The van der Waals surface area contributed by atoms with Crippen LogP contribution in [0.15, 0.2) is 84.9 Å². The highest BCUT2D eigenvalue weighted by Gasteiger charge is 2.14. The molecule has 1 amide bonds. The van der Waals surface area contributed by atoms with Gasteiger partial charge in [-0.25, -0.2) is 4.79 Å². The van der Waals surface area contributed by atoms with E-state index in [9.17, 15) is 9.59 Å². The zero-order chi connectivity index (χ0) is 24.2. The molecule has 3 aromatic rings. The molecule has 0 aromatic heterocycles. The Kier molecular flexibility index (Phi) is 9.29. The van der Waals surface area contributed by atoms with Crippen molar-refractivity contribution in [3.05, 3.63) is 102 Å². The van der Waals surface area contributed by atoms with Gasteiger partial charge in [-0.1, -0.05) is 72.8 Å². The molecule has 3 rings (SSSR count). The second-order valence-electron chi connectivity index (χ2n) is 7.54. The fraction of sp³-hybridized carbons (Fsp3) is 0.214. The van der Waals surface area contributed by atoms with Crippen LogP contribution in [-0.2, 0) is 14.3 Å². The van der Waals surface area contributed by atoms with E-state index >= 15 is 0 Å². The van der Waals surface area contributed by atoms with Crippen LogP contribution < -0.4 is 14.8 Å². The van der Waals surface area contributed by atoms with Crippen LogP contribution >= 0.6 is 0 Å². The summed E-state index contributed by atoms with van der Waals surface area (Å²) in [6.45, 7) is 0.113. The monoisotopic (exact) mass is 459 g/mol. The Hall–Kier alpha value is -4.06. The maximum atomic E-state index is 12.2. The highest BCUT2D eigenvalue weighted by Crippen LogP contribution is 2.31. The molecule has 0 bridgehead atoms. The summed E-state index contributed by atoms with van der Waals surface area (Å²) in [7, 11) is 3.07. The molecule has 176 valence electrons. The molecule has 0 saturated carbocycles. The van der Waals surface area contributed by atoms with Crippen molar-refractivity contribution in [1.29, 1.82) is 0 Å². The van der Waals surface area contributed by atoms with E-state index in [4.69, 9.17) is 14.2 Å². The third-order valence-electron chi connectivity index (χ3n) is 5.34. The predicted molar refractivity (Wildman–Crippen MR) is 132 cm³/mol. The van der Waals surface area contributed by atoms with Crippen LogP contribution in [-0.4, -0.2) is 39.2 Å². The van der Waals surface area contributed by atoms with Crippen molar-refractivity contribution in [2.75, 3.05) is 27.4 Å². The van der Waals surface area contributed by atoms with Gasteiger partial charge in [-0.15, -0.1) is 0 Å². The van der Waals surface area contributed by atoms with Crippen molar-refractivity contribution >= 4 is 18.0 Å². The molecular weight excluding hydrogens is 430 g/mol. The minimum Gasteiger partial charge on any atom is -0.493 e. The first-order chi connectivity index (χ1) is 16.6. The zero-order valence-electron chi connectivity index (χ0n) is 19.4. The average molecular weight is 460 g/mol. The fourth-order valence-electron chi connectivity index (χ4n) is 3.69. The number of benzene rings is 3. The van der Waals surface area contributed by atoms with Crippen LogP contribution in [0.3, 0.4) is 0 Å². The number of hydrogen-bond acceptors (Lipinski definition) is 5. The number of rotatable bonds is 11. The molecule has 0 fully saturated rings. The quantitative estimate of drug-likeness (QED) is 0.335. The topological polar surface area (TPSA) is 73.9 Å². The lowest BCUT2D eigenvalue weighted by molar-refractivity contribution is -0.143. The first-order valence-electron chi connectivity index (χ1n) is 11.0. The van der Waals surface area contributed by atoms with Crippen LogP contribution in [0.4, 0.5) is 0 Å². The number of esters is 1. The second-order valence-corrected chi connectivity index (χ2v) is 7.54. The number of para-hydroxylation sites is 1. The summed E-state index contributed by atoms with van der Waals surface area (Å²) < 4.78 is 15.7. The number of ether oxygens (including phenoxy) is 3. The Morgan fingerprint density at radius 2 is 1.50 bits per heavy atom. The van der Waals surface area contributed by atoms with Gasteiger partial charge in [0.05, 0.1) is 14.2 Å². The number of nitrogens with one attached hydrogen (secondary N) is 1. The van der Waals surface area contributed by atoms with Gasteiger partial charge in [-0.05, 0) is 29.7 Å². The smallest absolute Gasteiger partial charge is 0.331 e. The van der Waals surface area contributed by atoms with E-state index in [0.29, 0.717) is 23.6 Å². The molecule has 0 atom stereocenters. The van der Waals surface area contributed by atoms with Gasteiger partial charge >= 0.3 is 5.97 Å². The number of carbonyl (C=O) groups excluding carboxylic acids is 2. The molecule has 1 N–H and O–H groups in total. The standard InChI is InChI=1S/C28H29NO5/c1-32-25-15-9-14-23(28(25)33-2)16-17-27(31)34-20-26(30)29-19-18-24(21-10-5-3-6-11-21)22-12-7-4-8-13-22/h3-17,24H,18-20H2,1-2H3,(H,29,30)/b17-16+. The normalized spacial score (nSPS) is 10.8. The van der Waals surface area contributed by atoms with Gasteiger partial charge in [-0.3, -0.25) is 4.79 Å². The number of hydrogen-bond donors (Lipinski definition) is 1. The third kappa shape index (κ3) is 6.97. The Labute approximate surface area is 200 Å². The first-order valence-corrected chi connectivity index (χ1v) is 11.0. The Bertz CT molecular complexity index is 1060. The first kappa shape index (κ1) is 24.6. The predicted octanol–water partition coefficient (Wildman–Crippen LogP) is 4.60. The Morgan fingerprint density at radius 1 is 0.853 bits per heavy atom. The molecule has 0 heterocycles. The maximum Gasteiger partial charge on any atom is 0.331 e.